The predicted octanol–water partition coefficient (Wildman–Crippen LogP) is 6.16. The summed E-state index contributed by atoms with van der Waals surface area (Å²) in [6.45, 7) is 9.65. The maximum Gasteiger partial charge on any atom is 0.255 e. The van der Waals surface area contributed by atoms with Gasteiger partial charge in [-0.25, -0.2) is 0 Å². The van der Waals surface area contributed by atoms with Crippen molar-refractivity contribution in [1.82, 2.24) is 9.80 Å². The molecule has 0 aromatic heterocycles. The van der Waals surface area contributed by atoms with Crippen molar-refractivity contribution < 1.29 is 9.53 Å². The van der Waals surface area contributed by atoms with Gasteiger partial charge in [0.1, 0.15) is 5.75 Å². The average Bonchev–Trinajstić information content (AvgIpc) is 3.20. The molecule has 2 fully saturated rings. The second kappa shape index (κ2) is 10.0. The summed E-state index contributed by atoms with van der Waals surface area (Å²) >= 11 is 12.4. The molecule has 0 bridgehead atoms. The molecule has 0 unspecified atom stereocenters. The van der Waals surface area contributed by atoms with Crippen LogP contribution in [0.4, 0.5) is 0 Å². The molecule has 1 amide bonds. The average molecular weight is 475 g/mol. The molecule has 2 aromatic carbocycles. The molecule has 2 aliphatic rings. The molecule has 4 nitrogen and oxygen atoms in total. The molecule has 0 atom stereocenters. The Balaban J connectivity index is 1.34. The zero-order chi connectivity index (χ0) is 22.7. The lowest BCUT2D eigenvalue weighted by Crippen LogP contribution is -2.42. The van der Waals surface area contributed by atoms with Crippen LogP contribution in [0.2, 0.25) is 10.0 Å². The number of nitrogens with zero attached hydrogens (tertiary/aromatic N) is 2. The van der Waals surface area contributed by atoms with Crippen molar-refractivity contribution >= 4 is 29.1 Å². The third-order valence-corrected chi connectivity index (χ3v) is 7.58. The van der Waals surface area contributed by atoms with Gasteiger partial charge in [0.2, 0.25) is 0 Å². The van der Waals surface area contributed by atoms with E-state index in [0.717, 1.165) is 64.3 Å². The third kappa shape index (κ3) is 5.24. The second-order valence-electron chi connectivity index (χ2n) is 9.67. The Labute approximate surface area is 201 Å². The van der Waals surface area contributed by atoms with Crippen molar-refractivity contribution in [3.05, 3.63) is 63.6 Å². The summed E-state index contributed by atoms with van der Waals surface area (Å²) in [6, 6.07) is 13.6. The van der Waals surface area contributed by atoms with Crippen LogP contribution in [-0.4, -0.2) is 48.5 Å². The van der Waals surface area contributed by atoms with Gasteiger partial charge < -0.3 is 9.64 Å². The van der Waals surface area contributed by atoms with Crippen LogP contribution in [0.25, 0.3) is 0 Å². The molecule has 0 radical (unpaired) electrons. The molecule has 4 rings (SSSR count). The van der Waals surface area contributed by atoms with Gasteiger partial charge in [-0.05, 0) is 61.9 Å². The summed E-state index contributed by atoms with van der Waals surface area (Å²) in [6.07, 6.45) is 3.27. The molecule has 2 aromatic rings. The van der Waals surface area contributed by atoms with Crippen LogP contribution in [0.3, 0.4) is 0 Å². The van der Waals surface area contributed by atoms with E-state index in [1.165, 1.54) is 5.56 Å². The summed E-state index contributed by atoms with van der Waals surface area (Å²) in [7, 11) is 0. The Hall–Kier alpha value is -1.75. The minimum absolute atomic E-state index is 0.00645. The van der Waals surface area contributed by atoms with Gasteiger partial charge >= 0.3 is 0 Å². The number of para-hydroxylation sites is 1. The first-order chi connectivity index (χ1) is 15.4. The molecular weight excluding hydrogens is 443 g/mol. The van der Waals surface area contributed by atoms with Gasteiger partial charge in [-0.1, -0.05) is 61.3 Å². The minimum Gasteiger partial charge on any atom is -0.493 e. The van der Waals surface area contributed by atoms with E-state index in [-0.39, 0.29) is 11.3 Å². The molecule has 2 aliphatic heterocycles. The van der Waals surface area contributed by atoms with E-state index in [0.29, 0.717) is 21.5 Å². The van der Waals surface area contributed by atoms with E-state index >= 15 is 0 Å². The van der Waals surface area contributed by atoms with Gasteiger partial charge in [0.05, 0.1) is 22.2 Å². The highest BCUT2D eigenvalue weighted by Gasteiger charge is 2.42. The van der Waals surface area contributed by atoms with Crippen molar-refractivity contribution in [2.75, 3.05) is 32.8 Å². The lowest BCUT2D eigenvalue weighted by Gasteiger charge is -2.39. The maximum absolute atomic E-state index is 13.1. The van der Waals surface area contributed by atoms with Crippen molar-refractivity contribution in [2.45, 2.75) is 39.7 Å². The van der Waals surface area contributed by atoms with Crippen molar-refractivity contribution in [3.8, 4) is 5.75 Å². The number of amides is 1. The number of hydrogen-bond donors (Lipinski definition) is 0. The zero-order valence-corrected chi connectivity index (χ0v) is 20.5. The molecule has 32 heavy (non-hydrogen) atoms. The number of likely N-dealkylation sites (tertiary alicyclic amines) is 2. The maximum atomic E-state index is 13.1. The molecule has 0 N–H and O–H groups in total. The fourth-order valence-corrected chi connectivity index (χ4v) is 5.20. The van der Waals surface area contributed by atoms with Crippen LogP contribution in [-0.2, 0) is 6.54 Å². The molecule has 6 heteroatoms. The summed E-state index contributed by atoms with van der Waals surface area (Å²) in [5.41, 5.74) is 1.97. The smallest absolute Gasteiger partial charge is 0.255 e. The van der Waals surface area contributed by atoms with Gasteiger partial charge in [-0.15, -0.1) is 0 Å². The van der Waals surface area contributed by atoms with Crippen LogP contribution in [0, 0.1) is 11.3 Å². The van der Waals surface area contributed by atoms with E-state index < -0.39 is 0 Å². The number of carbonyl (C=O) groups is 1. The van der Waals surface area contributed by atoms with Crippen molar-refractivity contribution in [1.29, 1.82) is 0 Å². The fraction of sp³-hybridized carbons (Fsp3) is 0.500. The Kier molecular flexibility index (Phi) is 7.34. The lowest BCUT2D eigenvalue weighted by atomic mass is 9.77. The van der Waals surface area contributed by atoms with E-state index in [9.17, 15) is 4.79 Å². The predicted molar refractivity (Wildman–Crippen MR) is 131 cm³/mol. The Morgan fingerprint density at radius 2 is 1.75 bits per heavy atom. The van der Waals surface area contributed by atoms with Crippen LogP contribution in [0.1, 0.15) is 49.0 Å². The highest BCUT2D eigenvalue weighted by atomic mass is 35.5. The first kappa shape index (κ1) is 23.4. The summed E-state index contributed by atoms with van der Waals surface area (Å²) < 4.78 is 6.04. The third-order valence-electron chi connectivity index (χ3n) is 6.76. The minimum atomic E-state index is -0.00645. The number of piperidine rings is 1. The van der Waals surface area contributed by atoms with Crippen LogP contribution in [0.5, 0.6) is 5.75 Å². The van der Waals surface area contributed by atoms with Gasteiger partial charge in [0.25, 0.3) is 5.91 Å². The number of rotatable bonds is 6. The normalized spacial score (nSPS) is 18.5. The Bertz CT molecular complexity index is 955. The van der Waals surface area contributed by atoms with E-state index in [2.05, 4.69) is 36.9 Å². The quantitative estimate of drug-likeness (QED) is 0.502. The number of carbonyl (C=O) groups excluding carboxylic acids is 1. The number of benzene rings is 2. The largest absolute Gasteiger partial charge is 0.493 e. The zero-order valence-electron chi connectivity index (χ0n) is 18.9. The Morgan fingerprint density at radius 3 is 2.50 bits per heavy atom. The standard InChI is InChI=1S/C26H32Cl2N2O2/c1-19(2)17-32-23-9-4-3-6-20(23)16-29-13-10-26(11-14-29)12-15-30(18-26)25(31)21-7-5-8-22(27)24(21)28/h3-9,19H,10-18H2,1-2H3. The second-order valence-corrected chi connectivity index (χ2v) is 10.5. The summed E-state index contributed by atoms with van der Waals surface area (Å²) in [5.74, 6) is 1.50. The molecule has 2 heterocycles. The van der Waals surface area contributed by atoms with Crippen LogP contribution >= 0.6 is 23.2 Å². The number of hydrogen-bond acceptors (Lipinski definition) is 3. The van der Waals surface area contributed by atoms with Crippen LogP contribution < -0.4 is 4.74 Å². The molecule has 172 valence electrons. The number of halogens is 2. The highest BCUT2D eigenvalue weighted by Crippen LogP contribution is 2.42. The van der Waals surface area contributed by atoms with Crippen molar-refractivity contribution in [2.24, 2.45) is 11.3 Å². The number of ether oxygens (including phenoxy) is 1. The highest BCUT2D eigenvalue weighted by molar-refractivity contribution is 6.43. The van der Waals surface area contributed by atoms with E-state index in [4.69, 9.17) is 27.9 Å². The first-order valence-electron chi connectivity index (χ1n) is 11.5. The Morgan fingerprint density at radius 1 is 1.03 bits per heavy atom. The fourth-order valence-electron chi connectivity index (χ4n) is 4.81. The van der Waals surface area contributed by atoms with Gasteiger partial charge in [0, 0.05) is 25.2 Å². The SMILES string of the molecule is CC(C)COc1ccccc1CN1CCC2(CC1)CCN(C(=O)c1cccc(Cl)c1Cl)C2. The molecule has 0 aliphatic carbocycles. The molecule has 2 saturated heterocycles. The summed E-state index contributed by atoms with van der Waals surface area (Å²) in [5, 5.41) is 0.783. The molecule has 1 spiro atoms. The monoisotopic (exact) mass is 474 g/mol. The van der Waals surface area contributed by atoms with Gasteiger partial charge in [0.15, 0.2) is 0 Å². The molecular formula is C26H32Cl2N2O2. The summed E-state index contributed by atoms with van der Waals surface area (Å²) in [4.78, 5) is 17.5. The van der Waals surface area contributed by atoms with Gasteiger partial charge in [-0.3, -0.25) is 9.69 Å². The van der Waals surface area contributed by atoms with Crippen LogP contribution in [0.15, 0.2) is 42.5 Å². The first-order valence-corrected chi connectivity index (χ1v) is 12.3. The molecule has 0 saturated carbocycles. The topological polar surface area (TPSA) is 32.8 Å². The van der Waals surface area contributed by atoms with E-state index in [1.807, 2.05) is 11.0 Å². The van der Waals surface area contributed by atoms with Gasteiger partial charge in [-0.2, -0.15) is 0 Å². The lowest BCUT2D eigenvalue weighted by molar-refractivity contribution is 0.0712. The van der Waals surface area contributed by atoms with Crippen molar-refractivity contribution in [3.63, 3.8) is 0 Å². The van der Waals surface area contributed by atoms with E-state index in [1.54, 1.807) is 18.2 Å².